The number of aromatic nitrogens is 2. The monoisotopic (exact) mass is 282 g/mol. The van der Waals surface area contributed by atoms with Gasteiger partial charge in [0.2, 0.25) is 0 Å². The summed E-state index contributed by atoms with van der Waals surface area (Å²) in [7, 11) is 1.61. The number of carboxylic acid groups (broad SMARTS) is 1. The second-order valence-corrected chi connectivity index (χ2v) is 4.67. The van der Waals surface area contributed by atoms with Crippen molar-refractivity contribution in [1.29, 1.82) is 0 Å². The van der Waals surface area contributed by atoms with Gasteiger partial charge in [0.25, 0.3) is 0 Å². The van der Waals surface area contributed by atoms with Crippen LogP contribution < -0.4 is 4.74 Å². The Morgan fingerprint density at radius 2 is 2.00 bits per heavy atom. The largest absolute Gasteiger partial charge is 0.497 e. The molecule has 0 aliphatic heterocycles. The summed E-state index contributed by atoms with van der Waals surface area (Å²) in [6.45, 7) is 1.85. The van der Waals surface area contributed by atoms with E-state index in [9.17, 15) is 9.90 Å². The molecule has 0 bridgehead atoms. The number of imidazole rings is 1. The van der Waals surface area contributed by atoms with E-state index in [2.05, 4.69) is 4.98 Å². The highest BCUT2D eigenvalue weighted by Gasteiger charge is 2.16. The van der Waals surface area contributed by atoms with E-state index in [1.165, 1.54) is 0 Å². The van der Waals surface area contributed by atoms with E-state index in [0.29, 0.717) is 5.52 Å². The Morgan fingerprint density at radius 1 is 1.24 bits per heavy atom. The molecule has 0 atom stereocenters. The van der Waals surface area contributed by atoms with E-state index < -0.39 is 5.97 Å². The lowest BCUT2D eigenvalue weighted by atomic mass is 10.2. The Balaban J connectivity index is 2.30. The number of para-hydroxylation sites is 1. The van der Waals surface area contributed by atoms with Crippen molar-refractivity contribution in [2.75, 3.05) is 7.11 Å². The third-order valence-electron chi connectivity index (χ3n) is 3.39. The zero-order valence-electron chi connectivity index (χ0n) is 11.7. The fraction of sp³-hybridized carbons (Fsp3) is 0.125. The Morgan fingerprint density at radius 3 is 2.71 bits per heavy atom. The number of nitrogens with zero attached hydrogens (tertiary/aromatic N) is 2. The summed E-state index contributed by atoms with van der Waals surface area (Å²) in [5.41, 5.74) is 2.35. The highest BCUT2D eigenvalue weighted by atomic mass is 16.5. The predicted octanol–water partition coefficient (Wildman–Crippen LogP) is 3.04. The van der Waals surface area contributed by atoms with Gasteiger partial charge in [-0.1, -0.05) is 12.1 Å². The molecule has 1 heterocycles. The van der Waals surface area contributed by atoms with Crippen LogP contribution >= 0.6 is 0 Å². The fourth-order valence-corrected chi connectivity index (χ4v) is 2.46. The van der Waals surface area contributed by atoms with Crippen LogP contribution in [0.2, 0.25) is 0 Å². The van der Waals surface area contributed by atoms with E-state index in [0.717, 1.165) is 22.8 Å². The molecular formula is C16H14N2O3. The van der Waals surface area contributed by atoms with Gasteiger partial charge in [0.05, 0.1) is 23.9 Å². The average molecular weight is 282 g/mol. The number of aromatic carboxylic acids is 1. The number of carboxylic acids is 1. The molecule has 0 radical (unpaired) electrons. The van der Waals surface area contributed by atoms with Crippen LogP contribution in [0.4, 0.5) is 0 Å². The molecule has 0 spiro atoms. The van der Waals surface area contributed by atoms with Gasteiger partial charge >= 0.3 is 5.97 Å². The SMILES string of the molecule is COc1cccc(-n2c(C)nc3c(C(=O)O)cccc32)c1. The molecular weight excluding hydrogens is 268 g/mol. The maximum atomic E-state index is 11.3. The summed E-state index contributed by atoms with van der Waals surface area (Å²) in [4.78, 5) is 15.7. The van der Waals surface area contributed by atoms with Gasteiger partial charge in [0.1, 0.15) is 17.1 Å². The zero-order valence-corrected chi connectivity index (χ0v) is 11.7. The minimum absolute atomic E-state index is 0.206. The second kappa shape index (κ2) is 4.94. The summed E-state index contributed by atoms with van der Waals surface area (Å²) >= 11 is 0. The molecule has 21 heavy (non-hydrogen) atoms. The second-order valence-electron chi connectivity index (χ2n) is 4.67. The third kappa shape index (κ3) is 2.12. The van der Waals surface area contributed by atoms with Gasteiger partial charge in [0, 0.05) is 6.07 Å². The van der Waals surface area contributed by atoms with E-state index in [1.54, 1.807) is 19.2 Å². The number of hydrogen-bond donors (Lipinski definition) is 1. The van der Waals surface area contributed by atoms with Crippen LogP contribution in [0.1, 0.15) is 16.2 Å². The van der Waals surface area contributed by atoms with Crippen LogP contribution in [0.25, 0.3) is 16.7 Å². The first-order chi connectivity index (χ1) is 10.1. The smallest absolute Gasteiger partial charge is 0.337 e. The molecule has 0 fully saturated rings. The lowest BCUT2D eigenvalue weighted by Gasteiger charge is -2.08. The molecule has 106 valence electrons. The first-order valence-electron chi connectivity index (χ1n) is 6.47. The predicted molar refractivity (Wildman–Crippen MR) is 79.3 cm³/mol. The van der Waals surface area contributed by atoms with E-state index >= 15 is 0 Å². The van der Waals surface area contributed by atoms with Crippen molar-refractivity contribution in [3.05, 3.63) is 53.9 Å². The molecule has 3 rings (SSSR count). The molecule has 5 heteroatoms. The first kappa shape index (κ1) is 13.2. The summed E-state index contributed by atoms with van der Waals surface area (Å²) in [6.07, 6.45) is 0. The maximum Gasteiger partial charge on any atom is 0.337 e. The zero-order chi connectivity index (χ0) is 15.0. The molecule has 0 amide bonds. The topological polar surface area (TPSA) is 64.4 Å². The van der Waals surface area contributed by atoms with Crippen molar-refractivity contribution in [2.45, 2.75) is 6.92 Å². The van der Waals surface area contributed by atoms with Gasteiger partial charge < -0.3 is 9.84 Å². The average Bonchev–Trinajstić information content (AvgIpc) is 2.82. The summed E-state index contributed by atoms with van der Waals surface area (Å²) < 4.78 is 7.16. The van der Waals surface area contributed by atoms with Crippen molar-refractivity contribution < 1.29 is 14.6 Å². The molecule has 1 aromatic heterocycles. The van der Waals surface area contributed by atoms with Crippen LogP contribution in [0, 0.1) is 6.92 Å². The van der Waals surface area contributed by atoms with E-state index in [1.807, 2.05) is 41.8 Å². The van der Waals surface area contributed by atoms with Crippen molar-refractivity contribution in [1.82, 2.24) is 9.55 Å². The number of aryl methyl sites for hydroxylation is 1. The number of benzene rings is 2. The molecule has 0 unspecified atom stereocenters. The van der Waals surface area contributed by atoms with Crippen LogP contribution in [-0.2, 0) is 0 Å². The van der Waals surface area contributed by atoms with Crippen LogP contribution in [-0.4, -0.2) is 27.7 Å². The Labute approximate surface area is 121 Å². The number of ether oxygens (including phenoxy) is 1. The van der Waals surface area contributed by atoms with Crippen molar-refractivity contribution in [3.8, 4) is 11.4 Å². The fourth-order valence-electron chi connectivity index (χ4n) is 2.46. The molecule has 5 nitrogen and oxygen atoms in total. The Bertz CT molecular complexity index is 837. The maximum absolute atomic E-state index is 11.3. The van der Waals surface area contributed by atoms with Crippen molar-refractivity contribution >= 4 is 17.0 Å². The van der Waals surface area contributed by atoms with Gasteiger partial charge in [-0.25, -0.2) is 9.78 Å². The lowest BCUT2D eigenvalue weighted by molar-refractivity contribution is 0.0699. The molecule has 0 aliphatic carbocycles. The highest BCUT2D eigenvalue weighted by molar-refractivity contribution is 6.01. The van der Waals surface area contributed by atoms with Gasteiger partial charge in [-0.2, -0.15) is 0 Å². The summed E-state index contributed by atoms with van der Waals surface area (Å²) in [5, 5.41) is 9.27. The van der Waals surface area contributed by atoms with Crippen LogP contribution in [0.3, 0.4) is 0 Å². The summed E-state index contributed by atoms with van der Waals surface area (Å²) in [5.74, 6) is 0.492. The third-order valence-corrected chi connectivity index (χ3v) is 3.39. The normalized spacial score (nSPS) is 10.8. The minimum atomic E-state index is -0.976. The molecule has 0 aliphatic rings. The van der Waals surface area contributed by atoms with Crippen LogP contribution in [0.15, 0.2) is 42.5 Å². The molecule has 0 saturated carbocycles. The van der Waals surface area contributed by atoms with Gasteiger partial charge in [0.15, 0.2) is 0 Å². The van der Waals surface area contributed by atoms with Crippen molar-refractivity contribution in [3.63, 3.8) is 0 Å². The molecule has 0 saturated heterocycles. The minimum Gasteiger partial charge on any atom is -0.497 e. The van der Waals surface area contributed by atoms with Gasteiger partial charge in [-0.15, -0.1) is 0 Å². The van der Waals surface area contributed by atoms with Gasteiger partial charge in [-0.3, -0.25) is 4.57 Å². The van der Waals surface area contributed by atoms with Gasteiger partial charge in [-0.05, 0) is 31.2 Å². The summed E-state index contributed by atoms with van der Waals surface area (Å²) in [6, 6.07) is 12.7. The standard InChI is InChI=1S/C16H14N2O3/c1-10-17-15-13(16(19)20)7-4-8-14(15)18(10)11-5-3-6-12(9-11)21-2/h3-9H,1-2H3,(H,19,20). The number of fused-ring (bicyclic) bond motifs is 1. The number of hydrogen-bond acceptors (Lipinski definition) is 3. The Kier molecular flexibility index (Phi) is 3.10. The lowest BCUT2D eigenvalue weighted by Crippen LogP contribution is -1.99. The quantitative estimate of drug-likeness (QED) is 0.802. The highest BCUT2D eigenvalue weighted by Crippen LogP contribution is 2.25. The number of carbonyl (C=O) groups is 1. The molecule has 2 aromatic carbocycles. The molecule has 1 N–H and O–H groups in total. The molecule has 3 aromatic rings. The number of rotatable bonds is 3. The first-order valence-corrected chi connectivity index (χ1v) is 6.47. The van der Waals surface area contributed by atoms with Crippen molar-refractivity contribution in [2.24, 2.45) is 0 Å². The van der Waals surface area contributed by atoms with Crippen LogP contribution in [0.5, 0.6) is 5.75 Å². The number of methoxy groups -OCH3 is 1. The van der Waals surface area contributed by atoms with E-state index in [4.69, 9.17) is 4.74 Å². The van der Waals surface area contributed by atoms with E-state index in [-0.39, 0.29) is 5.56 Å². The Hall–Kier alpha value is -2.82.